The van der Waals surface area contributed by atoms with E-state index in [1.165, 1.54) is 13.8 Å². The molecule has 1 rings (SSSR count). The fourth-order valence-corrected chi connectivity index (χ4v) is 1.74. The second-order valence-electron chi connectivity index (χ2n) is 5.20. The van der Waals surface area contributed by atoms with Gasteiger partial charge in [0.2, 0.25) is 5.82 Å². The zero-order valence-electron chi connectivity index (χ0n) is 11.8. The number of carbonyl (C=O) groups excluding carboxylic acids is 1. The average molecular weight is 310 g/mol. The van der Waals surface area contributed by atoms with Crippen LogP contribution in [0.4, 0.5) is 22.0 Å². The molecule has 0 unspecified atom stereocenters. The molecule has 1 aromatic carbocycles. The SMILES string of the molecule is CCCCC(C)(C)OC(=O)c1c(F)c(F)c(F)c(F)c1F. The van der Waals surface area contributed by atoms with E-state index in [4.69, 9.17) is 4.74 Å². The average Bonchev–Trinajstić information content (AvgIpc) is 2.40. The van der Waals surface area contributed by atoms with Gasteiger partial charge in [-0.05, 0) is 26.7 Å². The quantitative estimate of drug-likeness (QED) is 0.346. The second-order valence-corrected chi connectivity index (χ2v) is 5.20. The normalized spacial score (nSPS) is 11.6. The Hall–Kier alpha value is -1.66. The van der Waals surface area contributed by atoms with Crippen LogP contribution < -0.4 is 0 Å². The van der Waals surface area contributed by atoms with Gasteiger partial charge in [0.15, 0.2) is 23.3 Å². The van der Waals surface area contributed by atoms with E-state index in [0.717, 1.165) is 6.42 Å². The monoisotopic (exact) mass is 310 g/mol. The number of esters is 1. The zero-order chi connectivity index (χ0) is 16.4. The zero-order valence-corrected chi connectivity index (χ0v) is 11.8. The van der Waals surface area contributed by atoms with Gasteiger partial charge in [-0.15, -0.1) is 0 Å². The highest BCUT2D eigenvalue weighted by atomic mass is 19.2. The summed E-state index contributed by atoms with van der Waals surface area (Å²) in [5.74, 6) is -12.6. The lowest BCUT2D eigenvalue weighted by atomic mass is 10.0. The molecule has 0 saturated carbocycles. The third kappa shape index (κ3) is 3.71. The van der Waals surface area contributed by atoms with Crippen LogP contribution in [-0.4, -0.2) is 11.6 Å². The molecular formula is C14H15F5O2. The molecule has 21 heavy (non-hydrogen) atoms. The van der Waals surface area contributed by atoms with Crippen LogP contribution in [0.15, 0.2) is 0 Å². The van der Waals surface area contributed by atoms with E-state index in [9.17, 15) is 26.7 Å². The van der Waals surface area contributed by atoms with Gasteiger partial charge in [-0.1, -0.05) is 13.3 Å². The Kier molecular flexibility index (Phi) is 5.31. The number of benzene rings is 1. The van der Waals surface area contributed by atoms with Crippen molar-refractivity contribution in [3.8, 4) is 0 Å². The molecule has 118 valence electrons. The van der Waals surface area contributed by atoms with Gasteiger partial charge < -0.3 is 4.74 Å². The summed E-state index contributed by atoms with van der Waals surface area (Å²) in [5.41, 5.74) is -2.65. The Morgan fingerprint density at radius 3 is 1.81 bits per heavy atom. The molecule has 0 aliphatic carbocycles. The summed E-state index contributed by atoms with van der Waals surface area (Å²) in [7, 11) is 0. The summed E-state index contributed by atoms with van der Waals surface area (Å²) in [6, 6.07) is 0. The third-order valence-electron chi connectivity index (χ3n) is 2.92. The van der Waals surface area contributed by atoms with Crippen molar-refractivity contribution >= 4 is 5.97 Å². The Bertz CT molecular complexity index is 526. The molecule has 0 radical (unpaired) electrons. The molecule has 0 N–H and O–H groups in total. The molecule has 7 heteroatoms. The highest BCUT2D eigenvalue weighted by molar-refractivity contribution is 5.90. The molecule has 0 aromatic heterocycles. The number of hydrogen-bond acceptors (Lipinski definition) is 2. The number of ether oxygens (including phenoxy) is 1. The molecule has 0 heterocycles. The largest absolute Gasteiger partial charge is 0.456 e. The van der Waals surface area contributed by atoms with Gasteiger partial charge in [0.05, 0.1) is 0 Å². The highest BCUT2D eigenvalue weighted by Gasteiger charge is 2.33. The van der Waals surface area contributed by atoms with Gasteiger partial charge in [-0.2, -0.15) is 0 Å². The lowest BCUT2D eigenvalue weighted by Crippen LogP contribution is -2.29. The van der Waals surface area contributed by atoms with Crippen molar-refractivity contribution < 1.29 is 31.5 Å². The van der Waals surface area contributed by atoms with Gasteiger partial charge in [-0.3, -0.25) is 0 Å². The molecular weight excluding hydrogens is 295 g/mol. The number of carbonyl (C=O) groups is 1. The smallest absolute Gasteiger partial charge is 0.344 e. The van der Waals surface area contributed by atoms with E-state index in [0.29, 0.717) is 12.8 Å². The van der Waals surface area contributed by atoms with Crippen molar-refractivity contribution in [3.63, 3.8) is 0 Å². The Morgan fingerprint density at radius 1 is 0.952 bits per heavy atom. The maximum Gasteiger partial charge on any atom is 0.344 e. The first-order chi connectivity index (χ1) is 9.62. The minimum Gasteiger partial charge on any atom is -0.456 e. The molecule has 0 saturated heterocycles. The van der Waals surface area contributed by atoms with Gasteiger partial charge >= 0.3 is 5.97 Å². The number of hydrogen-bond donors (Lipinski definition) is 0. The number of halogens is 5. The molecule has 0 bridgehead atoms. The molecule has 0 fully saturated rings. The predicted molar refractivity (Wildman–Crippen MR) is 65.3 cm³/mol. The van der Waals surface area contributed by atoms with E-state index in [1.54, 1.807) is 0 Å². The summed E-state index contributed by atoms with van der Waals surface area (Å²) < 4.78 is 70.7. The summed E-state index contributed by atoms with van der Waals surface area (Å²) in [6.45, 7) is 4.88. The Morgan fingerprint density at radius 2 is 1.38 bits per heavy atom. The van der Waals surface area contributed by atoms with Crippen LogP contribution >= 0.6 is 0 Å². The van der Waals surface area contributed by atoms with Crippen LogP contribution in [0.1, 0.15) is 50.4 Å². The molecule has 0 aliphatic heterocycles. The first-order valence-electron chi connectivity index (χ1n) is 6.37. The maximum atomic E-state index is 13.5. The van der Waals surface area contributed by atoms with Gasteiger partial charge in [0, 0.05) is 0 Å². The van der Waals surface area contributed by atoms with Crippen LogP contribution in [0.5, 0.6) is 0 Å². The first-order valence-corrected chi connectivity index (χ1v) is 6.37. The van der Waals surface area contributed by atoms with Crippen molar-refractivity contribution in [2.45, 2.75) is 45.6 Å². The molecule has 1 aromatic rings. The Balaban J connectivity index is 3.15. The molecule has 2 nitrogen and oxygen atoms in total. The molecule has 0 aliphatic rings. The second kappa shape index (κ2) is 6.41. The van der Waals surface area contributed by atoms with Crippen LogP contribution in [0, 0.1) is 29.1 Å². The fraction of sp³-hybridized carbons (Fsp3) is 0.500. The predicted octanol–water partition coefficient (Wildman–Crippen LogP) is 4.51. The van der Waals surface area contributed by atoms with Gasteiger partial charge in [0.25, 0.3) is 0 Å². The summed E-state index contributed by atoms with van der Waals surface area (Å²) in [6.07, 6.45) is 1.87. The maximum absolute atomic E-state index is 13.5. The summed E-state index contributed by atoms with van der Waals surface area (Å²) in [4.78, 5) is 11.7. The molecule has 0 amide bonds. The van der Waals surface area contributed by atoms with E-state index in [-0.39, 0.29) is 0 Å². The standard InChI is InChI=1S/C14H15F5O2/c1-4-5-6-14(2,3)21-13(20)7-8(15)10(17)12(19)11(18)9(7)16/h4-6H2,1-3H3. The van der Waals surface area contributed by atoms with Crippen LogP contribution in [-0.2, 0) is 4.74 Å². The van der Waals surface area contributed by atoms with Crippen molar-refractivity contribution in [2.75, 3.05) is 0 Å². The van der Waals surface area contributed by atoms with Crippen LogP contribution in [0.25, 0.3) is 0 Å². The van der Waals surface area contributed by atoms with Gasteiger partial charge in [-0.25, -0.2) is 26.7 Å². The van der Waals surface area contributed by atoms with Crippen molar-refractivity contribution in [1.82, 2.24) is 0 Å². The lowest BCUT2D eigenvalue weighted by molar-refractivity contribution is -0.00651. The molecule has 0 atom stereocenters. The van der Waals surface area contributed by atoms with Crippen molar-refractivity contribution in [1.29, 1.82) is 0 Å². The van der Waals surface area contributed by atoms with E-state index in [1.807, 2.05) is 6.92 Å². The summed E-state index contributed by atoms with van der Waals surface area (Å²) in [5, 5.41) is 0. The lowest BCUT2D eigenvalue weighted by Gasteiger charge is -2.25. The van der Waals surface area contributed by atoms with E-state index < -0.39 is 46.2 Å². The number of rotatable bonds is 5. The minimum atomic E-state index is -2.31. The first kappa shape index (κ1) is 17.4. The summed E-state index contributed by atoms with van der Waals surface area (Å²) >= 11 is 0. The van der Waals surface area contributed by atoms with Crippen molar-refractivity contribution in [3.05, 3.63) is 34.6 Å². The third-order valence-corrected chi connectivity index (χ3v) is 2.92. The Labute approximate surface area is 118 Å². The minimum absolute atomic E-state index is 0.393. The van der Waals surface area contributed by atoms with Crippen LogP contribution in [0.3, 0.4) is 0 Å². The topological polar surface area (TPSA) is 26.3 Å². The van der Waals surface area contributed by atoms with Crippen molar-refractivity contribution in [2.24, 2.45) is 0 Å². The van der Waals surface area contributed by atoms with E-state index in [2.05, 4.69) is 0 Å². The van der Waals surface area contributed by atoms with Crippen LogP contribution in [0.2, 0.25) is 0 Å². The van der Waals surface area contributed by atoms with Gasteiger partial charge in [0.1, 0.15) is 11.2 Å². The highest BCUT2D eigenvalue weighted by Crippen LogP contribution is 2.26. The molecule has 0 spiro atoms. The van der Waals surface area contributed by atoms with E-state index >= 15 is 0 Å². The fourth-order valence-electron chi connectivity index (χ4n) is 1.74. The number of unbranched alkanes of at least 4 members (excludes halogenated alkanes) is 1.